The highest BCUT2D eigenvalue weighted by molar-refractivity contribution is 5.36. The number of fused-ring (bicyclic) bond motifs is 1. The van der Waals surface area contributed by atoms with Gasteiger partial charge >= 0.3 is 0 Å². The first-order chi connectivity index (χ1) is 8.81. The number of hydrogen-bond acceptors (Lipinski definition) is 4. The van der Waals surface area contributed by atoms with Gasteiger partial charge in [0, 0.05) is 38.9 Å². The third kappa shape index (κ3) is 3.27. The Kier molecular flexibility index (Phi) is 4.66. The Bertz CT molecular complexity index is 483. The minimum atomic E-state index is 0.462. The molecule has 0 radical (unpaired) electrons. The highest BCUT2D eigenvalue weighted by atomic mass is 16.5. The molecule has 0 aliphatic rings. The van der Waals surface area contributed by atoms with E-state index >= 15 is 0 Å². The summed E-state index contributed by atoms with van der Waals surface area (Å²) in [6.07, 6.45) is 3.90. The Morgan fingerprint density at radius 1 is 1.39 bits per heavy atom. The Balaban J connectivity index is 1.83. The first-order valence-electron chi connectivity index (χ1n) is 6.32. The lowest BCUT2D eigenvalue weighted by Gasteiger charge is -2.12. The van der Waals surface area contributed by atoms with Crippen LogP contribution in [-0.2, 0) is 11.2 Å². The fourth-order valence-electron chi connectivity index (χ4n) is 1.89. The van der Waals surface area contributed by atoms with Crippen LogP contribution in [-0.4, -0.2) is 40.9 Å². The summed E-state index contributed by atoms with van der Waals surface area (Å²) in [5, 5.41) is 11.8. The second-order valence-corrected chi connectivity index (χ2v) is 4.43. The molecule has 0 saturated heterocycles. The van der Waals surface area contributed by atoms with E-state index in [1.807, 2.05) is 28.8 Å². The second-order valence-electron chi connectivity index (χ2n) is 4.43. The van der Waals surface area contributed by atoms with E-state index in [4.69, 9.17) is 4.74 Å². The molecule has 2 aromatic rings. The van der Waals surface area contributed by atoms with Gasteiger partial charge < -0.3 is 10.1 Å². The van der Waals surface area contributed by atoms with Crippen LogP contribution in [0.1, 0.15) is 19.2 Å². The molecule has 1 N–H and O–H groups in total. The molecule has 0 aliphatic carbocycles. The smallest absolute Gasteiger partial charge is 0.160 e. The maximum absolute atomic E-state index is 5.06. The van der Waals surface area contributed by atoms with Crippen LogP contribution in [0.5, 0.6) is 0 Å². The number of hydrogen-bond donors (Lipinski definition) is 1. The number of pyridine rings is 1. The Morgan fingerprint density at radius 2 is 2.28 bits per heavy atom. The van der Waals surface area contributed by atoms with E-state index in [-0.39, 0.29) is 0 Å². The van der Waals surface area contributed by atoms with Gasteiger partial charge in [0.2, 0.25) is 0 Å². The van der Waals surface area contributed by atoms with Gasteiger partial charge in [-0.15, -0.1) is 10.2 Å². The predicted molar refractivity (Wildman–Crippen MR) is 70.6 cm³/mol. The van der Waals surface area contributed by atoms with Crippen molar-refractivity contribution in [1.29, 1.82) is 0 Å². The highest BCUT2D eigenvalue weighted by Gasteiger charge is 2.05. The summed E-state index contributed by atoms with van der Waals surface area (Å²) in [7, 11) is 1.73. The highest BCUT2D eigenvalue weighted by Crippen LogP contribution is 2.03. The number of methoxy groups -OCH3 is 1. The van der Waals surface area contributed by atoms with Crippen molar-refractivity contribution in [3.05, 3.63) is 30.2 Å². The van der Waals surface area contributed by atoms with Crippen LogP contribution in [0, 0.1) is 0 Å². The van der Waals surface area contributed by atoms with Crippen molar-refractivity contribution in [1.82, 2.24) is 19.9 Å². The molecule has 2 heterocycles. The van der Waals surface area contributed by atoms with Crippen LogP contribution in [0.15, 0.2) is 24.4 Å². The molecule has 98 valence electrons. The van der Waals surface area contributed by atoms with E-state index in [1.54, 1.807) is 7.11 Å². The summed E-state index contributed by atoms with van der Waals surface area (Å²) < 4.78 is 7.09. The third-order valence-corrected chi connectivity index (χ3v) is 2.98. The first-order valence-corrected chi connectivity index (χ1v) is 6.32. The molecule has 1 unspecified atom stereocenters. The lowest BCUT2D eigenvalue weighted by atomic mass is 10.2. The zero-order chi connectivity index (χ0) is 12.8. The minimum absolute atomic E-state index is 0.462. The molecule has 0 fully saturated rings. The molecular formula is C13H20N4O. The largest absolute Gasteiger partial charge is 0.385 e. The molecule has 1 atom stereocenters. The zero-order valence-electron chi connectivity index (χ0n) is 11.0. The molecule has 0 bridgehead atoms. The van der Waals surface area contributed by atoms with E-state index in [0.29, 0.717) is 6.04 Å². The van der Waals surface area contributed by atoms with Crippen LogP contribution in [0.2, 0.25) is 0 Å². The van der Waals surface area contributed by atoms with Gasteiger partial charge in [0.15, 0.2) is 5.65 Å². The Morgan fingerprint density at radius 3 is 3.11 bits per heavy atom. The van der Waals surface area contributed by atoms with Gasteiger partial charge in [-0.05, 0) is 25.5 Å². The first kappa shape index (κ1) is 13.0. The van der Waals surface area contributed by atoms with Gasteiger partial charge in [0.1, 0.15) is 5.82 Å². The Hall–Kier alpha value is -1.46. The second kappa shape index (κ2) is 6.47. The maximum Gasteiger partial charge on any atom is 0.160 e. The number of nitrogens with zero attached hydrogens (tertiary/aromatic N) is 3. The van der Waals surface area contributed by atoms with Gasteiger partial charge in [0.25, 0.3) is 0 Å². The lowest BCUT2D eigenvalue weighted by molar-refractivity contribution is 0.185. The number of nitrogens with one attached hydrogen (secondary N) is 1. The van der Waals surface area contributed by atoms with Crippen LogP contribution < -0.4 is 5.32 Å². The topological polar surface area (TPSA) is 51.5 Å². The fourth-order valence-corrected chi connectivity index (χ4v) is 1.89. The molecule has 0 aromatic carbocycles. The summed E-state index contributed by atoms with van der Waals surface area (Å²) in [5.74, 6) is 0.997. The van der Waals surface area contributed by atoms with Gasteiger partial charge in [-0.3, -0.25) is 4.40 Å². The van der Waals surface area contributed by atoms with Gasteiger partial charge in [-0.2, -0.15) is 0 Å². The van der Waals surface area contributed by atoms with Crippen molar-refractivity contribution in [2.75, 3.05) is 20.3 Å². The van der Waals surface area contributed by atoms with Gasteiger partial charge in [-0.25, -0.2) is 0 Å². The van der Waals surface area contributed by atoms with Crippen LogP contribution in [0.25, 0.3) is 5.65 Å². The lowest BCUT2D eigenvalue weighted by Crippen LogP contribution is -2.29. The summed E-state index contributed by atoms with van der Waals surface area (Å²) in [4.78, 5) is 0. The zero-order valence-corrected chi connectivity index (χ0v) is 11.0. The van der Waals surface area contributed by atoms with Crippen molar-refractivity contribution in [2.24, 2.45) is 0 Å². The maximum atomic E-state index is 5.06. The molecule has 5 heteroatoms. The molecular weight excluding hydrogens is 228 g/mol. The monoisotopic (exact) mass is 248 g/mol. The van der Waals surface area contributed by atoms with Crippen LogP contribution >= 0.6 is 0 Å². The van der Waals surface area contributed by atoms with Crippen molar-refractivity contribution in [3.8, 4) is 0 Å². The molecule has 0 aliphatic heterocycles. The molecule has 0 amide bonds. The van der Waals surface area contributed by atoms with Crippen molar-refractivity contribution < 1.29 is 4.74 Å². The van der Waals surface area contributed by atoms with Gasteiger partial charge in [-0.1, -0.05) is 6.07 Å². The number of rotatable bonds is 7. The van der Waals surface area contributed by atoms with E-state index in [0.717, 1.165) is 37.5 Å². The van der Waals surface area contributed by atoms with E-state index < -0.39 is 0 Å². The molecule has 18 heavy (non-hydrogen) atoms. The number of ether oxygens (including phenoxy) is 1. The summed E-state index contributed by atoms with van der Waals surface area (Å²) in [5.41, 5.74) is 0.903. The van der Waals surface area contributed by atoms with E-state index in [9.17, 15) is 0 Å². The van der Waals surface area contributed by atoms with Gasteiger partial charge in [0.05, 0.1) is 0 Å². The summed E-state index contributed by atoms with van der Waals surface area (Å²) in [6.45, 7) is 3.86. The Labute approximate surface area is 107 Å². The van der Waals surface area contributed by atoms with E-state index in [2.05, 4.69) is 22.4 Å². The standard InChI is InChI=1S/C13H20N4O/c1-11(7-10-18-2)14-8-6-13-16-15-12-5-3-4-9-17(12)13/h3-5,9,11,14H,6-8,10H2,1-2H3. The van der Waals surface area contributed by atoms with Crippen molar-refractivity contribution >= 4 is 5.65 Å². The summed E-state index contributed by atoms with van der Waals surface area (Å²) >= 11 is 0. The summed E-state index contributed by atoms with van der Waals surface area (Å²) in [6, 6.07) is 6.39. The molecule has 0 saturated carbocycles. The SMILES string of the molecule is COCCC(C)NCCc1nnc2ccccn12. The average Bonchev–Trinajstić information content (AvgIpc) is 2.80. The van der Waals surface area contributed by atoms with Crippen molar-refractivity contribution in [3.63, 3.8) is 0 Å². The third-order valence-electron chi connectivity index (χ3n) is 2.98. The molecule has 2 rings (SSSR count). The average molecular weight is 248 g/mol. The quantitative estimate of drug-likeness (QED) is 0.802. The molecule has 2 aromatic heterocycles. The molecule has 0 spiro atoms. The van der Waals surface area contributed by atoms with Crippen LogP contribution in [0.3, 0.4) is 0 Å². The minimum Gasteiger partial charge on any atom is -0.385 e. The van der Waals surface area contributed by atoms with Crippen LogP contribution in [0.4, 0.5) is 0 Å². The van der Waals surface area contributed by atoms with Crippen molar-refractivity contribution in [2.45, 2.75) is 25.8 Å². The normalized spacial score (nSPS) is 13.0. The molecule has 5 nitrogen and oxygen atoms in total. The fraction of sp³-hybridized carbons (Fsp3) is 0.538. The number of aromatic nitrogens is 3. The predicted octanol–water partition coefficient (Wildman–Crippen LogP) is 1.29. The van der Waals surface area contributed by atoms with E-state index in [1.165, 1.54) is 0 Å².